The van der Waals surface area contributed by atoms with E-state index in [2.05, 4.69) is 19.2 Å². The highest BCUT2D eigenvalue weighted by Gasteiger charge is 2.28. The minimum atomic E-state index is -1.06. The molecule has 0 spiro atoms. The van der Waals surface area contributed by atoms with Gasteiger partial charge in [-0.15, -0.1) is 0 Å². The number of carbonyl (C=O) groups is 2. The summed E-state index contributed by atoms with van der Waals surface area (Å²) in [5.74, 6) is -0.479. The second kappa shape index (κ2) is 9.35. The Kier molecular flexibility index (Phi) is 6.61. The van der Waals surface area contributed by atoms with Crippen LogP contribution in [0.2, 0.25) is 0 Å². The molecule has 7 heteroatoms. The van der Waals surface area contributed by atoms with Crippen LogP contribution in [0.15, 0.2) is 53.2 Å². The second-order valence-corrected chi connectivity index (χ2v) is 7.35. The average molecular weight is 419 g/mol. The molecule has 0 aliphatic heterocycles. The molecule has 0 saturated carbocycles. The summed E-state index contributed by atoms with van der Waals surface area (Å²) < 4.78 is 12.6. The van der Waals surface area contributed by atoms with Crippen molar-refractivity contribution in [2.45, 2.75) is 46.1 Å². The van der Waals surface area contributed by atoms with Gasteiger partial charge < -0.3 is 14.5 Å². The third-order valence-corrected chi connectivity index (χ3v) is 5.24. The van der Waals surface area contributed by atoms with Crippen LogP contribution in [-0.2, 0) is 9.53 Å². The van der Waals surface area contributed by atoms with Gasteiger partial charge in [0.05, 0.1) is 0 Å². The Bertz CT molecular complexity index is 1120. The number of rotatable bonds is 7. The predicted octanol–water partition coefficient (Wildman–Crippen LogP) is 4.95. The molecule has 31 heavy (non-hydrogen) atoms. The summed E-state index contributed by atoms with van der Waals surface area (Å²) in [6, 6.07) is 13.1. The van der Waals surface area contributed by atoms with Crippen LogP contribution in [0, 0.1) is 18.3 Å². The minimum Gasteiger partial charge on any atom is -0.449 e. The number of nitrogens with one attached hydrogen (secondary N) is 1. The lowest BCUT2D eigenvalue weighted by atomic mass is 9.97. The van der Waals surface area contributed by atoms with Crippen LogP contribution in [0.25, 0.3) is 5.88 Å². The summed E-state index contributed by atoms with van der Waals surface area (Å²) in [5, 5.41) is 12.4. The van der Waals surface area contributed by atoms with Crippen LogP contribution in [0.5, 0.6) is 0 Å². The number of furan rings is 1. The van der Waals surface area contributed by atoms with E-state index in [1.54, 1.807) is 36.0 Å². The van der Waals surface area contributed by atoms with E-state index in [1.807, 2.05) is 30.3 Å². The van der Waals surface area contributed by atoms with Crippen LogP contribution >= 0.6 is 0 Å². The number of amides is 1. The Morgan fingerprint density at radius 1 is 1.19 bits per heavy atom. The number of hydrogen-bond acceptors (Lipinski definition) is 5. The quantitative estimate of drug-likeness (QED) is 0.547. The number of ether oxygens (including phenoxy) is 1. The summed E-state index contributed by atoms with van der Waals surface area (Å²) in [4.78, 5) is 25.5. The summed E-state index contributed by atoms with van der Waals surface area (Å²) >= 11 is 0. The maximum absolute atomic E-state index is 12.8. The van der Waals surface area contributed by atoms with Gasteiger partial charge in [0.15, 0.2) is 6.10 Å². The van der Waals surface area contributed by atoms with Crippen molar-refractivity contribution in [3.63, 3.8) is 0 Å². The van der Waals surface area contributed by atoms with Crippen molar-refractivity contribution < 1.29 is 18.7 Å². The molecule has 0 bridgehead atoms. The molecule has 2 atom stereocenters. The van der Waals surface area contributed by atoms with E-state index in [1.165, 1.54) is 6.92 Å². The van der Waals surface area contributed by atoms with Gasteiger partial charge in [0.25, 0.3) is 5.91 Å². The first-order valence-electron chi connectivity index (χ1n) is 10.1. The van der Waals surface area contributed by atoms with Gasteiger partial charge in [-0.3, -0.25) is 9.36 Å². The molecule has 1 aromatic carbocycles. The van der Waals surface area contributed by atoms with Gasteiger partial charge in [-0.05, 0) is 49.9 Å². The standard InChI is InChI=1S/C24H25N3O4/c1-5-15(2)18-10-6-7-11-20(18)26-22(28)17(4)31-24(29)21-16(3)30-23(19(21)14-25)27-12-8-9-13-27/h6-13,15,17H,5H2,1-4H3,(H,26,28)/t15-,17-/m0/s1. The molecular weight excluding hydrogens is 394 g/mol. The molecule has 0 saturated heterocycles. The van der Waals surface area contributed by atoms with Crippen molar-refractivity contribution in [3.8, 4) is 12.0 Å². The van der Waals surface area contributed by atoms with Crippen LogP contribution in [-0.4, -0.2) is 22.5 Å². The van der Waals surface area contributed by atoms with E-state index in [9.17, 15) is 14.9 Å². The fourth-order valence-electron chi connectivity index (χ4n) is 3.30. The van der Waals surface area contributed by atoms with E-state index >= 15 is 0 Å². The molecular formula is C24H25N3O4. The van der Waals surface area contributed by atoms with E-state index in [4.69, 9.17) is 9.15 Å². The number of nitriles is 1. The van der Waals surface area contributed by atoms with Crippen molar-refractivity contribution in [2.75, 3.05) is 5.32 Å². The number of aryl methyl sites for hydroxylation is 1. The molecule has 0 unspecified atom stereocenters. The zero-order valence-electron chi connectivity index (χ0n) is 18.0. The topological polar surface area (TPSA) is 97.3 Å². The Morgan fingerprint density at radius 2 is 1.87 bits per heavy atom. The molecule has 0 aliphatic carbocycles. The van der Waals surface area contributed by atoms with Gasteiger partial charge >= 0.3 is 5.97 Å². The van der Waals surface area contributed by atoms with Gasteiger partial charge in [0.2, 0.25) is 5.88 Å². The Hall–Kier alpha value is -3.79. The SMILES string of the molecule is CC[C@H](C)c1ccccc1NC(=O)[C@H](C)OC(=O)c1c(C)oc(-n2cccc2)c1C#N. The number of benzene rings is 1. The summed E-state index contributed by atoms with van der Waals surface area (Å²) in [6.45, 7) is 7.24. The Morgan fingerprint density at radius 3 is 2.52 bits per heavy atom. The van der Waals surface area contributed by atoms with Crippen molar-refractivity contribution >= 4 is 17.6 Å². The highest BCUT2D eigenvalue weighted by atomic mass is 16.5. The lowest BCUT2D eigenvalue weighted by Crippen LogP contribution is -2.30. The van der Waals surface area contributed by atoms with Gasteiger partial charge in [0.1, 0.15) is 23.0 Å². The molecule has 3 rings (SSSR count). The van der Waals surface area contributed by atoms with E-state index in [-0.39, 0.29) is 28.7 Å². The Labute approximate surface area is 181 Å². The van der Waals surface area contributed by atoms with Crippen LogP contribution < -0.4 is 5.32 Å². The third kappa shape index (κ3) is 4.53. The highest BCUT2D eigenvalue weighted by Crippen LogP contribution is 2.28. The zero-order chi connectivity index (χ0) is 22.5. The summed E-state index contributed by atoms with van der Waals surface area (Å²) in [5.41, 5.74) is 1.79. The van der Waals surface area contributed by atoms with E-state index in [0.29, 0.717) is 5.69 Å². The monoisotopic (exact) mass is 419 g/mol. The number of para-hydroxylation sites is 1. The highest BCUT2D eigenvalue weighted by molar-refractivity contribution is 5.99. The second-order valence-electron chi connectivity index (χ2n) is 7.35. The first-order valence-corrected chi connectivity index (χ1v) is 10.1. The van der Waals surface area contributed by atoms with Crippen molar-refractivity contribution in [1.82, 2.24) is 4.57 Å². The molecule has 160 valence electrons. The van der Waals surface area contributed by atoms with Gasteiger partial charge in [-0.1, -0.05) is 32.0 Å². The molecule has 2 aromatic heterocycles. The zero-order valence-corrected chi connectivity index (χ0v) is 18.0. The number of hydrogen-bond donors (Lipinski definition) is 1. The Balaban J connectivity index is 1.78. The fraction of sp³-hybridized carbons (Fsp3) is 0.292. The largest absolute Gasteiger partial charge is 0.449 e. The number of nitrogens with zero attached hydrogens (tertiary/aromatic N) is 2. The average Bonchev–Trinajstić information content (AvgIpc) is 3.40. The van der Waals surface area contributed by atoms with E-state index in [0.717, 1.165) is 12.0 Å². The minimum absolute atomic E-state index is 0.0193. The molecule has 7 nitrogen and oxygen atoms in total. The van der Waals surface area contributed by atoms with Crippen LogP contribution in [0.1, 0.15) is 60.4 Å². The predicted molar refractivity (Wildman–Crippen MR) is 116 cm³/mol. The molecule has 1 N–H and O–H groups in total. The first kappa shape index (κ1) is 21.9. The molecule has 0 fully saturated rings. The van der Waals surface area contributed by atoms with E-state index < -0.39 is 18.0 Å². The van der Waals surface area contributed by atoms with Gasteiger partial charge in [-0.2, -0.15) is 5.26 Å². The lowest BCUT2D eigenvalue weighted by Gasteiger charge is -2.18. The fourth-order valence-corrected chi connectivity index (χ4v) is 3.30. The van der Waals surface area contributed by atoms with Crippen LogP contribution in [0.3, 0.4) is 0 Å². The third-order valence-electron chi connectivity index (χ3n) is 5.24. The van der Waals surface area contributed by atoms with Gasteiger partial charge in [0, 0.05) is 18.1 Å². The normalized spacial score (nSPS) is 12.6. The molecule has 2 heterocycles. The smallest absolute Gasteiger partial charge is 0.343 e. The maximum atomic E-state index is 12.8. The maximum Gasteiger partial charge on any atom is 0.343 e. The van der Waals surface area contributed by atoms with Gasteiger partial charge in [-0.25, -0.2) is 4.79 Å². The molecule has 0 aliphatic rings. The number of esters is 1. The number of aromatic nitrogens is 1. The number of carbonyl (C=O) groups excluding carboxylic acids is 2. The van der Waals surface area contributed by atoms with Crippen molar-refractivity contribution in [2.24, 2.45) is 0 Å². The lowest BCUT2D eigenvalue weighted by molar-refractivity contribution is -0.123. The molecule has 0 radical (unpaired) electrons. The van der Waals surface area contributed by atoms with Crippen molar-refractivity contribution in [3.05, 3.63) is 71.2 Å². The number of anilines is 1. The summed E-state index contributed by atoms with van der Waals surface area (Å²) in [6.07, 6.45) is 3.28. The first-order chi connectivity index (χ1) is 14.9. The molecule has 1 amide bonds. The summed E-state index contributed by atoms with van der Waals surface area (Å²) in [7, 11) is 0. The van der Waals surface area contributed by atoms with Crippen LogP contribution in [0.4, 0.5) is 5.69 Å². The molecule has 3 aromatic rings. The van der Waals surface area contributed by atoms with Crippen molar-refractivity contribution in [1.29, 1.82) is 5.26 Å².